The van der Waals surface area contributed by atoms with Crippen LogP contribution in [0.1, 0.15) is 27.9 Å². The first-order valence-corrected chi connectivity index (χ1v) is 8.95. The average Bonchev–Trinajstić information content (AvgIpc) is 2.67. The number of amides is 1. The lowest BCUT2D eigenvalue weighted by molar-refractivity contribution is -0.136. The number of hydrogen-bond donors (Lipinski definition) is 3. The van der Waals surface area contributed by atoms with Crippen molar-refractivity contribution in [2.24, 2.45) is 0 Å². The molecule has 28 heavy (non-hydrogen) atoms. The highest BCUT2D eigenvalue weighted by Gasteiger charge is 2.25. The zero-order chi connectivity index (χ0) is 19.8. The van der Waals surface area contributed by atoms with Crippen LogP contribution >= 0.6 is 0 Å². The Hall–Kier alpha value is -3.61. The maximum absolute atomic E-state index is 12.9. The minimum atomic E-state index is -0.945. The number of rotatable bonds is 4. The monoisotopic (exact) mass is 378 g/mol. The third-order valence-electron chi connectivity index (χ3n) is 4.96. The fourth-order valence-corrected chi connectivity index (χ4v) is 3.70. The molecule has 0 bridgehead atoms. The predicted molar refractivity (Wildman–Crippen MR) is 104 cm³/mol. The van der Waals surface area contributed by atoms with Crippen molar-refractivity contribution in [1.82, 2.24) is 4.57 Å². The van der Waals surface area contributed by atoms with Gasteiger partial charge in [-0.15, -0.1) is 0 Å². The number of aliphatic carboxylic acids is 1. The summed E-state index contributed by atoms with van der Waals surface area (Å²) in [5, 5.41) is 22.6. The summed E-state index contributed by atoms with van der Waals surface area (Å²) in [6, 6.07) is 11.7. The van der Waals surface area contributed by atoms with Crippen LogP contribution in [-0.4, -0.2) is 26.7 Å². The molecule has 1 aliphatic rings. The average molecular weight is 378 g/mol. The molecule has 7 nitrogen and oxygen atoms in total. The number of nitrogens with zero attached hydrogens (tertiary/aromatic N) is 1. The number of pyridine rings is 1. The molecule has 0 radical (unpaired) electrons. The van der Waals surface area contributed by atoms with Gasteiger partial charge < -0.3 is 20.1 Å². The van der Waals surface area contributed by atoms with Gasteiger partial charge in [0.15, 0.2) is 0 Å². The normalized spacial score (nSPS) is 12.7. The van der Waals surface area contributed by atoms with Crippen LogP contribution in [0.2, 0.25) is 0 Å². The van der Waals surface area contributed by atoms with Gasteiger partial charge in [0.05, 0.1) is 11.9 Å². The Morgan fingerprint density at radius 1 is 1.11 bits per heavy atom. The number of aromatic nitrogens is 1. The van der Waals surface area contributed by atoms with Crippen LogP contribution in [0.25, 0.3) is 10.9 Å². The number of carboxylic acid groups (broad SMARTS) is 1. The highest BCUT2D eigenvalue weighted by molar-refractivity contribution is 6.09. The number of aryl methyl sites for hydroxylation is 2. The van der Waals surface area contributed by atoms with E-state index in [1.807, 2.05) is 6.07 Å². The van der Waals surface area contributed by atoms with Crippen LogP contribution in [0.15, 0.2) is 47.3 Å². The fraction of sp³-hybridized carbons (Fsp3) is 0.190. The van der Waals surface area contributed by atoms with E-state index in [9.17, 15) is 19.5 Å². The number of nitrogens with one attached hydrogen (secondary N) is 1. The van der Waals surface area contributed by atoms with E-state index in [0.717, 1.165) is 18.4 Å². The van der Waals surface area contributed by atoms with Gasteiger partial charge in [-0.1, -0.05) is 24.3 Å². The number of carbonyl (C=O) groups excluding carboxylic acids is 1. The molecule has 0 aliphatic carbocycles. The summed E-state index contributed by atoms with van der Waals surface area (Å²) in [5.41, 5.74) is 1.86. The van der Waals surface area contributed by atoms with E-state index in [-0.39, 0.29) is 17.7 Å². The molecule has 1 aromatic heterocycles. The molecule has 3 N–H and O–H groups in total. The lowest BCUT2D eigenvalue weighted by Gasteiger charge is -2.21. The third-order valence-corrected chi connectivity index (χ3v) is 4.96. The smallest absolute Gasteiger partial charge is 0.307 e. The Labute approximate surface area is 159 Å². The van der Waals surface area contributed by atoms with E-state index in [4.69, 9.17) is 5.11 Å². The van der Waals surface area contributed by atoms with Crippen molar-refractivity contribution in [2.45, 2.75) is 25.8 Å². The van der Waals surface area contributed by atoms with Gasteiger partial charge in [-0.25, -0.2) is 0 Å². The molecule has 4 rings (SSSR count). The van der Waals surface area contributed by atoms with Crippen LogP contribution in [0.5, 0.6) is 5.75 Å². The van der Waals surface area contributed by atoms with Gasteiger partial charge in [-0.2, -0.15) is 0 Å². The second-order valence-corrected chi connectivity index (χ2v) is 6.82. The Bertz CT molecular complexity index is 1160. The first kappa shape index (κ1) is 17.8. The summed E-state index contributed by atoms with van der Waals surface area (Å²) < 4.78 is 1.55. The van der Waals surface area contributed by atoms with Crippen LogP contribution in [0.4, 0.5) is 5.69 Å². The molecular formula is C21H18N2O5. The topological polar surface area (TPSA) is 109 Å². The van der Waals surface area contributed by atoms with Crippen LogP contribution in [0.3, 0.4) is 0 Å². The Kier molecular flexibility index (Phi) is 4.35. The van der Waals surface area contributed by atoms with Crippen molar-refractivity contribution in [2.75, 3.05) is 5.32 Å². The van der Waals surface area contributed by atoms with E-state index in [1.54, 1.807) is 41.0 Å². The van der Waals surface area contributed by atoms with E-state index in [1.165, 1.54) is 0 Å². The summed E-state index contributed by atoms with van der Waals surface area (Å²) in [6.07, 6.45) is 1.50. The summed E-state index contributed by atoms with van der Waals surface area (Å²) in [4.78, 5) is 36.4. The molecule has 1 amide bonds. The maximum Gasteiger partial charge on any atom is 0.307 e. The molecule has 0 spiro atoms. The zero-order valence-corrected chi connectivity index (χ0v) is 14.9. The van der Waals surface area contributed by atoms with Crippen molar-refractivity contribution in [1.29, 1.82) is 0 Å². The van der Waals surface area contributed by atoms with Crippen molar-refractivity contribution in [3.8, 4) is 5.75 Å². The van der Waals surface area contributed by atoms with Crippen molar-refractivity contribution < 1.29 is 19.8 Å². The maximum atomic E-state index is 12.9. The number of para-hydroxylation sites is 1. The quantitative estimate of drug-likeness (QED) is 0.646. The van der Waals surface area contributed by atoms with Crippen molar-refractivity contribution in [3.05, 3.63) is 69.5 Å². The lowest BCUT2D eigenvalue weighted by atomic mass is 9.99. The summed E-state index contributed by atoms with van der Waals surface area (Å²) >= 11 is 0. The fourth-order valence-electron chi connectivity index (χ4n) is 3.70. The largest absolute Gasteiger partial charge is 0.506 e. The zero-order valence-electron chi connectivity index (χ0n) is 14.9. The minimum absolute atomic E-state index is 0.118. The molecule has 2 aromatic carbocycles. The van der Waals surface area contributed by atoms with E-state index >= 15 is 0 Å². The van der Waals surface area contributed by atoms with Gasteiger partial charge in [0.1, 0.15) is 11.3 Å². The minimum Gasteiger partial charge on any atom is -0.506 e. The molecule has 0 atom stereocenters. The standard InChI is InChI=1S/C21H18N2O5/c24-16(25)11-12-6-8-14(9-7-12)22-20(27)17-19(26)15-5-1-3-13-4-2-10-23(18(13)15)21(17)28/h1,3,5-9,26H,2,4,10-11H2,(H,22,27)(H,24,25). The van der Waals surface area contributed by atoms with Crippen LogP contribution in [-0.2, 0) is 24.2 Å². The van der Waals surface area contributed by atoms with Gasteiger partial charge >= 0.3 is 5.97 Å². The molecule has 1 aliphatic heterocycles. The van der Waals surface area contributed by atoms with Crippen LogP contribution < -0.4 is 10.9 Å². The second-order valence-electron chi connectivity index (χ2n) is 6.82. The summed E-state index contributed by atoms with van der Waals surface area (Å²) in [5.74, 6) is -1.96. The molecule has 7 heteroatoms. The number of hydrogen-bond acceptors (Lipinski definition) is 4. The Morgan fingerprint density at radius 2 is 1.86 bits per heavy atom. The molecule has 3 aromatic rings. The molecule has 0 fully saturated rings. The first-order chi connectivity index (χ1) is 13.5. The first-order valence-electron chi connectivity index (χ1n) is 8.95. The number of carboxylic acids is 1. The van der Waals surface area contributed by atoms with Gasteiger partial charge in [0.25, 0.3) is 11.5 Å². The number of carbonyl (C=O) groups is 2. The third kappa shape index (κ3) is 3.00. The molecular weight excluding hydrogens is 360 g/mol. The molecule has 0 unspecified atom stereocenters. The molecule has 2 heterocycles. The van der Waals surface area contributed by atoms with Gasteiger partial charge in [-0.05, 0) is 42.2 Å². The second kappa shape index (κ2) is 6.84. The van der Waals surface area contributed by atoms with Gasteiger partial charge in [0, 0.05) is 17.6 Å². The van der Waals surface area contributed by atoms with E-state index in [2.05, 4.69) is 5.32 Å². The van der Waals surface area contributed by atoms with Crippen molar-refractivity contribution in [3.63, 3.8) is 0 Å². The molecule has 0 saturated heterocycles. The molecule has 0 saturated carbocycles. The highest BCUT2D eigenvalue weighted by Crippen LogP contribution is 2.31. The summed E-state index contributed by atoms with van der Waals surface area (Å²) in [6.45, 7) is 0.497. The van der Waals surface area contributed by atoms with Crippen molar-refractivity contribution >= 4 is 28.5 Å². The van der Waals surface area contributed by atoms with Crippen LogP contribution in [0, 0.1) is 0 Å². The SMILES string of the molecule is O=C(O)Cc1ccc(NC(=O)c2c(O)c3cccc4c3n(c2=O)CCC4)cc1. The summed E-state index contributed by atoms with van der Waals surface area (Å²) in [7, 11) is 0. The Morgan fingerprint density at radius 3 is 2.57 bits per heavy atom. The number of aromatic hydroxyl groups is 1. The lowest BCUT2D eigenvalue weighted by Crippen LogP contribution is -2.31. The van der Waals surface area contributed by atoms with E-state index in [0.29, 0.717) is 28.7 Å². The highest BCUT2D eigenvalue weighted by atomic mass is 16.4. The number of benzene rings is 2. The number of anilines is 1. The van der Waals surface area contributed by atoms with Gasteiger partial charge in [0.2, 0.25) is 0 Å². The Balaban J connectivity index is 1.72. The molecule has 142 valence electrons. The predicted octanol–water partition coefficient (Wildman–Crippen LogP) is 2.53. The van der Waals surface area contributed by atoms with Gasteiger partial charge in [-0.3, -0.25) is 14.4 Å². The van der Waals surface area contributed by atoms with E-state index < -0.39 is 17.4 Å².